The Bertz CT molecular complexity index is 328. The molecule has 3 atom stereocenters. The molecule has 17 heavy (non-hydrogen) atoms. The van der Waals surface area contributed by atoms with E-state index in [0.29, 0.717) is 12.1 Å². The molecule has 2 heterocycles. The number of nitrogens with two attached hydrogens (primary N) is 1. The van der Waals surface area contributed by atoms with Gasteiger partial charge in [0.2, 0.25) is 0 Å². The molecule has 0 bridgehead atoms. The van der Waals surface area contributed by atoms with Crippen molar-refractivity contribution in [1.82, 2.24) is 4.90 Å². The van der Waals surface area contributed by atoms with E-state index in [9.17, 15) is 0 Å². The first-order chi connectivity index (χ1) is 8.22. The summed E-state index contributed by atoms with van der Waals surface area (Å²) in [6.07, 6.45) is 1.32. The van der Waals surface area contributed by atoms with Gasteiger partial charge in [0.1, 0.15) is 0 Å². The molecule has 0 radical (unpaired) electrons. The van der Waals surface area contributed by atoms with Gasteiger partial charge in [-0.1, -0.05) is 6.92 Å². The van der Waals surface area contributed by atoms with E-state index in [1.165, 1.54) is 5.56 Å². The van der Waals surface area contributed by atoms with E-state index < -0.39 is 0 Å². The van der Waals surface area contributed by atoms with Gasteiger partial charge >= 0.3 is 0 Å². The molecule has 1 aromatic heterocycles. The molecule has 1 aliphatic rings. The Balaban J connectivity index is 2.15. The zero-order valence-corrected chi connectivity index (χ0v) is 11.5. The molecule has 0 spiro atoms. The van der Waals surface area contributed by atoms with Gasteiger partial charge in [0.15, 0.2) is 0 Å². The van der Waals surface area contributed by atoms with Crippen LogP contribution in [0.3, 0.4) is 0 Å². The summed E-state index contributed by atoms with van der Waals surface area (Å²) in [5, 5.41) is 4.36. The predicted molar refractivity (Wildman–Crippen MR) is 72.3 cm³/mol. The van der Waals surface area contributed by atoms with Crippen LogP contribution in [0.25, 0.3) is 0 Å². The monoisotopic (exact) mass is 254 g/mol. The van der Waals surface area contributed by atoms with E-state index in [0.717, 1.165) is 26.1 Å². The lowest BCUT2D eigenvalue weighted by Crippen LogP contribution is -2.48. The van der Waals surface area contributed by atoms with Gasteiger partial charge in [-0.25, -0.2) is 0 Å². The van der Waals surface area contributed by atoms with Crippen molar-refractivity contribution in [2.24, 2.45) is 5.73 Å². The topological polar surface area (TPSA) is 38.5 Å². The Morgan fingerprint density at radius 1 is 1.65 bits per heavy atom. The van der Waals surface area contributed by atoms with E-state index in [-0.39, 0.29) is 6.04 Å². The van der Waals surface area contributed by atoms with Gasteiger partial charge in [-0.15, -0.1) is 0 Å². The first-order valence-corrected chi connectivity index (χ1v) is 7.30. The first kappa shape index (κ1) is 13.0. The van der Waals surface area contributed by atoms with Gasteiger partial charge in [0.05, 0.1) is 18.8 Å². The number of ether oxygens (including phenoxy) is 1. The number of rotatable bonds is 4. The van der Waals surface area contributed by atoms with Crippen LogP contribution in [-0.2, 0) is 4.74 Å². The van der Waals surface area contributed by atoms with E-state index >= 15 is 0 Å². The smallest absolute Gasteiger partial charge is 0.0674 e. The fraction of sp³-hybridized carbons (Fsp3) is 0.692. The standard InChI is InChI=1S/C13H22N2OS/c1-3-12(14)13(11-4-7-17-9-11)15-5-6-16-10(2)8-15/h4,7,9-10,12-13H,3,5-6,8,14H2,1-2H3. The SMILES string of the molecule is CCC(N)C(c1ccsc1)N1CCOC(C)C1. The zero-order chi connectivity index (χ0) is 12.3. The summed E-state index contributed by atoms with van der Waals surface area (Å²) < 4.78 is 5.61. The minimum absolute atomic E-state index is 0.204. The van der Waals surface area contributed by atoms with Gasteiger partial charge in [-0.05, 0) is 35.7 Å². The minimum atomic E-state index is 0.204. The second-order valence-electron chi connectivity index (χ2n) is 4.75. The summed E-state index contributed by atoms with van der Waals surface area (Å²) in [6.45, 7) is 7.08. The van der Waals surface area contributed by atoms with Crippen molar-refractivity contribution in [2.45, 2.75) is 38.5 Å². The lowest BCUT2D eigenvalue weighted by Gasteiger charge is -2.39. The zero-order valence-electron chi connectivity index (χ0n) is 10.6. The fourth-order valence-corrected chi connectivity index (χ4v) is 3.18. The van der Waals surface area contributed by atoms with Gasteiger partial charge in [-0.3, -0.25) is 4.90 Å². The molecule has 1 aliphatic heterocycles. The third-order valence-electron chi connectivity index (χ3n) is 3.43. The van der Waals surface area contributed by atoms with E-state index in [1.807, 2.05) is 0 Å². The summed E-state index contributed by atoms with van der Waals surface area (Å²) in [5.41, 5.74) is 7.67. The van der Waals surface area contributed by atoms with Gasteiger partial charge < -0.3 is 10.5 Å². The molecule has 4 heteroatoms. The fourth-order valence-electron chi connectivity index (χ4n) is 2.49. The summed E-state index contributed by atoms with van der Waals surface area (Å²) >= 11 is 1.75. The molecule has 3 unspecified atom stereocenters. The number of hydrogen-bond acceptors (Lipinski definition) is 4. The molecular formula is C13H22N2OS. The van der Waals surface area contributed by atoms with Gasteiger partial charge in [0, 0.05) is 19.1 Å². The number of thiophene rings is 1. The Labute approximate surface area is 108 Å². The normalized spacial score (nSPS) is 25.7. The van der Waals surface area contributed by atoms with Gasteiger partial charge in [-0.2, -0.15) is 11.3 Å². The van der Waals surface area contributed by atoms with Crippen LogP contribution in [0.15, 0.2) is 16.8 Å². The van der Waals surface area contributed by atoms with Crippen molar-refractivity contribution in [3.05, 3.63) is 22.4 Å². The molecule has 0 aliphatic carbocycles. The van der Waals surface area contributed by atoms with Crippen LogP contribution in [0, 0.1) is 0 Å². The maximum absolute atomic E-state index is 6.31. The summed E-state index contributed by atoms with van der Waals surface area (Å²) in [4.78, 5) is 2.48. The Hall–Kier alpha value is -0.420. The van der Waals surface area contributed by atoms with Crippen molar-refractivity contribution in [3.8, 4) is 0 Å². The minimum Gasteiger partial charge on any atom is -0.376 e. The second kappa shape index (κ2) is 5.96. The molecule has 0 aromatic carbocycles. The number of hydrogen-bond donors (Lipinski definition) is 1. The van der Waals surface area contributed by atoms with Crippen LogP contribution in [0.5, 0.6) is 0 Å². The highest BCUT2D eigenvalue weighted by Crippen LogP contribution is 2.28. The van der Waals surface area contributed by atoms with Crippen molar-refractivity contribution in [3.63, 3.8) is 0 Å². The molecular weight excluding hydrogens is 232 g/mol. The third-order valence-corrected chi connectivity index (χ3v) is 4.13. The average molecular weight is 254 g/mol. The van der Waals surface area contributed by atoms with Crippen LogP contribution in [0.2, 0.25) is 0 Å². The van der Waals surface area contributed by atoms with E-state index in [4.69, 9.17) is 10.5 Å². The maximum atomic E-state index is 6.31. The predicted octanol–water partition coefficient (Wildman–Crippen LogP) is 2.25. The van der Waals surface area contributed by atoms with Crippen LogP contribution in [0.4, 0.5) is 0 Å². The Morgan fingerprint density at radius 2 is 2.47 bits per heavy atom. The maximum Gasteiger partial charge on any atom is 0.0674 e. The highest BCUT2D eigenvalue weighted by Gasteiger charge is 2.29. The lowest BCUT2D eigenvalue weighted by molar-refractivity contribution is -0.0386. The molecule has 0 amide bonds. The van der Waals surface area contributed by atoms with Crippen LogP contribution < -0.4 is 5.73 Å². The largest absolute Gasteiger partial charge is 0.376 e. The van der Waals surface area contributed by atoms with Crippen LogP contribution in [-0.4, -0.2) is 36.7 Å². The van der Waals surface area contributed by atoms with E-state index in [2.05, 4.69) is 35.6 Å². The number of morpholine rings is 1. The molecule has 0 saturated carbocycles. The average Bonchev–Trinajstić information content (AvgIpc) is 2.83. The number of nitrogens with zero attached hydrogens (tertiary/aromatic N) is 1. The lowest BCUT2D eigenvalue weighted by atomic mass is 9.98. The van der Waals surface area contributed by atoms with E-state index in [1.54, 1.807) is 11.3 Å². The molecule has 96 valence electrons. The first-order valence-electron chi connectivity index (χ1n) is 6.35. The van der Waals surface area contributed by atoms with Crippen molar-refractivity contribution >= 4 is 11.3 Å². The summed E-state index contributed by atoms with van der Waals surface area (Å²) in [6, 6.07) is 2.75. The Morgan fingerprint density at radius 3 is 3.06 bits per heavy atom. The Kier molecular flexibility index (Phi) is 4.56. The molecule has 1 fully saturated rings. The highest BCUT2D eigenvalue weighted by molar-refractivity contribution is 7.07. The molecule has 2 N–H and O–H groups in total. The summed E-state index contributed by atoms with van der Waals surface area (Å²) in [7, 11) is 0. The highest BCUT2D eigenvalue weighted by atomic mass is 32.1. The molecule has 1 aromatic rings. The molecule has 1 saturated heterocycles. The third kappa shape index (κ3) is 3.07. The van der Waals surface area contributed by atoms with Crippen molar-refractivity contribution in [2.75, 3.05) is 19.7 Å². The van der Waals surface area contributed by atoms with Gasteiger partial charge in [0.25, 0.3) is 0 Å². The second-order valence-corrected chi connectivity index (χ2v) is 5.53. The molecule has 2 rings (SSSR count). The quantitative estimate of drug-likeness (QED) is 0.895. The summed E-state index contributed by atoms with van der Waals surface area (Å²) in [5.74, 6) is 0. The molecule has 3 nitrogen and oxygen atoms in total. The van der Waals surface area contributed by atoms with Crippen molar-refractivity contribution < 1.29 is 4.74 Å². The van der Waals surface area contributed by atoms with Crippen molar-refractivity contribution in [1.29, 1.82) is 0 Å². The van der Waals surface area contributed by atoms with Crippen LogP contribution in [0.1, 0.15) is 31.9 Å². The van der Waals surface area contributed by atoms with Crippen LogP contribution >= 0.6 is 11.3 Å².